The van der Waals surface area contributed by atoms with Crippen LogP contribution < -0.4 is 4.90 Å². The average molecular weight is 764 g/mol. The van der Waals surface area contributed by atoms with E-state index >= 15 is 0 Å². The Hall–Kier alpha value is -7.74. The fourth-order valence-electron chi connectivity index (χ4n) is 9.62. The van der Waals surface area contributed by atoms with E-state index in [2.05, 4.69) is 254 Å². The molecule has 11 rings (SSSR count). The van der Waals surface area contributed by atoms with Crippen molar-refractivity contribution in [2.24, 2.45) is 0 Å². The van der Waals surface area contributed by atoms with Crippen LogP contribution in [0.15, 0.2) is 249 Å². The Morgan fingerprint density at radius 3 is 1.53 bits per heavy atom. The highest BCUT2D eigenvalue weighted by Crippen LogP contribution is 2.57. The number of nitrogens with zero attached hydrogens (tertiary/aromatic N) is 1. The number of hydrogen-bond acceptors (Lipinski definition) is 1. The molecule has 0 spiro atoms. The van der Waals surface area contributed by atoms with Gasteiger partial charge in [0, 0.05) is 17.1 Å². The van der Waals surface area contributed by atoms with Crippen molar-refractivity contribution in [2.75, 3.05) is 4.90 Å². The van der Waals surface area contributed by atoms with E-state index in [1.807, 2.05) is 0 Å². The van der Waals surface area contributed by atoms with E-state index in [-0.39, 0.29) is 0 Å². The van der Waals surface area contributed by atoms with Gasteiger partial charge in [-0.2, -0.15) is 0 Å². The SMILES string of the molecule is c1ccc(-c2ccc(N(c3cccc(-c4cccc(-c5cccc6ccccc56)c4)c3)c3ccc4c(c3)C(c3ccccc3)(c3ccccc3)c3ccccc3-4)cc2)cc1. The van der Waals surface area contributed by atoms with Crippen molar-refractivity contribution in [2.45, 2.75) is 5.41 Å². The number of fused-ring (bicyclic) bond motifs is 4. The number of hydrogen-bond donors (Lipinski definition) is 0. The van der Waals surface area contributed by atoms with Crippen molar-refractivity contribution >= 4 is 27.8 Å². The monoisotopic (exact) mass is 763 g/mol. The molecule has 0 fully saturated rings. The summed E-state index contributed by atoms with van der Waals surface area (Å²) in [6.45, 7) is 0. The summed E-state index contributed by atoms with van der Waals surface area (Å²) in [5, 5.41) is 2.51. The molecule has 0 atom stereocenters. The van der Waals surface area contributed by atoms with E-state index in [1.165, 1.54) is 72.0 Å². The largest absolute Gasteiger partial charge is 0.310 e. The molecule has 0 saturated carbocycles. The van der Waals surface area contributed by atoms with E-state index in [0.717, 1.165) is 22.6 Å². The van der Waals surface area contributed by atoms with Crippen LogP contribution in [0.3, 0.4) is 0 Å². The number of benzene rings is 10. The van der Waals surface area contributed by atoms with Crippen LogP contribution in [0.4, 0.5) is 17.1 Å². The summed E-state index contributed by atoms with van der Waals surface area (Å²) in [5.74, 6) is 0. The van der Waals surface area contributed by atoms with Crippen LogP contribution in [-0.4, -0.2) is 0 Å². The molecule has 0 unspecified atom stereocenters. The van der Waals surface area contributed by atoms with Crippen molar-refractivity contribution in [1.82, 2.24) is 0 Å². The van der Waals surface area contributed by atoms with E-state index in [9.17, 15) is 0 Å². The molecule has 282 valence electrons. The van der Waals surface area contributed by atoms with Gasteiger partial charge in [0.1, 0.15) is 0 Å². The molecule has 10 aromatic rings. The van der Waals surface area contributed by atoms with E-state index in [1.54, 1.807) is 0 Å². The summed E-state index contributed by atoms with van der Waals surface area (Å²) in [7, 11) is 0. The minimum Gasteiger partial charge on any atom is -0.310 e. The smallest absolute Gasteiger partial charge is 0.0714 e. The Morgan fingerprint density at radius 1 is 0.267 bits per heavy atom. The molecule has 0 N–H and O–H groups in total. The maximum Gasteiger partial charge on any atom is 0.0714 e. The normalized spacial score (nSPS) is 12.5. The van der Waals surface area contributed by atoms with Crippen LogP contribution in [0.5, 0.6) is 0 Å². The maximum atomic E-state index is 2.45. The molecule has 10 aromatic carbocycles. The minimum absolute atomic E-state index is 0.503. The summed E-state index contributed by atoms with van der Waals surface area (Å²) in [6.07, 6.45) is 0. The first-order chi connectivity index (χ1) is 29.8. The first-order valence-electron chi connectivity index (χ1n) is 20.8. The molecule has 60 heavy (non-hydrogen) atoms. The van der Waals surface area contributed by atoms with E-state index in [0.29, 0.717) is 0 Å². The lowest BCUT2D eigenvalue weighted by atomic mass is 9.67. The van der Waals surface area contributed by atoms with Crippen LogP contribution in [0.25, 0.3) is 55.3 Å². The summed E-state index contributed by atoms with van der Waals surface area (Å²) in [5.41, 5.74) is 17.6. The summed E-state index contributed by atoms with van der Waals surface area (Å²) in [4.78, 5) is 2.43. The zero-order valence-corrected chi connectivity index (χ0v) is 33.1. The Balaban J connectivity index is 1.10. The molecule has 1 nitrogen and oxygen atoms in total. The van der Waals surface area contributed by atoms with Gasteiger partial charge in [-0.1, -0.05) is 206 Å². The van der Waals surface area contributed by atoms with Gasteiger partial charge in [-0.3, -0.25) is 0 Å². The van der Waals surface area contributed by atoms with Crippen LogP contribution in [0.1, 0.15) is 22.3 Å². The maximum absolute atomic E-state index is 2.45. The quantitative estimate of drug-likeness (QED) is 0.149. The standard InChI is InChI=1S/C59H41N/c1-4-17-42(18-5-1)43-33-35-50(36-34-43)60(51-28-15-22-46(40-51)45-21-14-23-47(39-45)54-31-16-20-44-19-10-11-29-53(44)54)52-37-38-56-55-30-12-13-32-57(55)59(58(56)41-52,48-24-6-2-7-25-48)49-26-8-3-9-27-49/h1-41H. The third-order valence-electron chi connectivity index (χ3n) is 12.3. The predicted molar refractivity (Wildman–Crippen MR) is 252 cm³/mol. The number of rotatable bonds is 8. The third-order valence-corrected chi connectivity index (χ3v) is 12.3. The lowest BCUT2D eigenvalue weighted by molar-refractivity contribution is 0.768. The molecule has 0 radical (unpaired) electrons. The van der Waals surface area contributed by atoms with Gasteiger partial charge >= 0.3 is 0 Å². The second kappa shape index (κ2) is 14.9. The van der Waals surface area contributed by atoms with Gasteiger partial charge in [0.2, 0.25) is 0 Å². The first kappa shape index (κ1) is 35.4. The molecule has 1 aliphatic carbocycles. The molecule has 0 saturated heterocycles. The summed E-state index contributed by atoms with van der Waals surface area (Å²) >= 11 is 0. The fraction of sp³-hybridized carbons (Fsp3) is 0.0169. The zero-order valence-electron chi connectivity index (χ0n) is 33.1. The van der Waals surface area contributed by atoms with Gasteiger partial charge < -0.3 is 4.90 Å². The second-order valence-corrected chi connectivity index (χ2v) is 15.7. The highest BCUT2D eigenvalue weighted by molar-refractivity contribution is 5.97. The fourth-order valence-corrected chi connectivity index (χ4v) is 9.62. The van der Waals surface area contributed by atoms with Crippen molar-refractivity contribution < 1.29 is 0 Å². The highest BCUT2D eigenvalue weighted by atomic mass is 15.1. The van der Waals surface area contributed by atoms with Gasteiger partial charge in [0.15, 0.2) is 0 Å². The number of anilines is 3. The summed E-state index contributed by atoms with van der Waals surface area (Å²) < 4.78 is 0. The molecule has 1 heteroatoms. The molecular formula is C59H41N. The Morgan fingerprint density at radius 2 is 0.767 bits per heavy atom. The van der Waals surface area contributed by atoms with Crippen LogP contribution in [0.2, 0.25) is 0 Å². The minimum atomic E-state index is -0.503. The van der Waals surface area contributed by atoms with Crippen LogP contribution in [0, 0.1) is 0 Å². The molecule has 0 aliphatic heterocycles. The Kier molecular flexibility index (Phi) is 8.79. The molecule has 1 aliphatic rings. The lowest BCUT2D eigenvalue weighted by Gasteiger charge is -2.35. The van der Waals surface area contributed by atoms with Crippen LogP contribution >= 0.6 is 0 Å². The lowest BCUT2D eigenvalue weighted by Crippen LogP contribution is -2.28. The van der Waals surface area contributed by atoms with Gasteiger partial charge in [0.25, 0.3) is 0 Å². The molecule has 0 amide bonds. The predicted octanol–water partition coefficient (Wildman–Crippen LogP) is 15.7. The van der Waals surface area contributed by atoms with E-state index in [4.69, 9.17) is 0 Å². The van der Waals surface area contributed by atoms with Crippen molar-refractivity contribution in [3.63, 3.8) is 0 Å². The van der Waals surface area contributed by atoms with Gasteiger partial charge in [-0.15, -0.1) is 0 Å². The summed E-state index contributed by atoms with van der Waals surface area (Å²) in [6, 6.07) is 91.0. The highest BCUT2D eigenvalue weighted by Gasteiger charge is 2.46. The van der Waals surface area contributed by atoms with E-state index < -0.39 is 5.41 Å². The molecule has 0 heterocycles. The Bertz CT molecular complexity index is 3090. The molecular weight excluding hydrogens is 723 g/mol. The second-order valence-electron chi connectivity index (χ2n) is 15.7. The first-order valence-corrected chi connectivity index (χ1v) is 20.8. The van der Waals surface area contributed by atoms with Crippen molar-refractivity contribution in [3.8, 4) is 44.5 Å². The van der Waals surface area contributed by atoms with Crippen molar-refractivity contribution in [1.29, 1.82) is 0 Å². The molecule has 0 bridgehead atoms. The zero-order chi connectivity index (χ0) is 39.9. The third kappa shape index (κ3) is 5.94. The topological polar surface area (TPSA) is 3.24 Å². The van der Waals surface area contributed by atoms with Crippen LogP contribution in [-0.2, 0) is 5.41 Å². The van der Waals surface area contributed by atoms with Gasteiger partial charge in [-0.05, 0) is 120 Å². The van der Waals surface area contributed by atoms with Crippen molar-refractivity contribution in [3.05, 3.63) is 271 Å². The molecule has 0 aromatic heterocycles. The van der Waals surface area contributed by atoms with Gasteiger partial charge in [0.05, 0.1) is 5.41 Å². The Labute approximate surface area is 352 Å². The van der Waals surface area contributed by atoms with Gasteiger partial charge in [-0.25, -0.2) is 0 Å². The average Bonchev–Trinajstić information content (AvgIpc) is 3.63.